The van der Waals surface area contributed by atoms with Gasteiger partial charge in [-0.25, -0.2) is 0 Å². The van der Waals surface area contributed by atoms with E-state index < -0.39 is 0 Å². The molecule has 1 amide bonds. The Bertz CT molecular complexity index is 414. The van der Waals surface area contributed by atoms with E-state index in [4.69, 9.17) is 18.0 Å². The Morgan fingerprint density at radius 3 is 2.53 bits per heavy atom. The van der Waals surface area contributed by atoms with E-state index in [1.165, 1.54) is 6.20 Å². The summed E-state index contributed by atoms with van der Waals surface area (Å²) < 4.78 is 0. The molecule has 1 aromatic heterocycles. The average Bonchev–Trinajstić information content (AvgIpc) is 2.29. The second-order valence-corrected chi connectivity index (χ2v) is 4.42. The third-order valence-corrected chi connectivity index (χ3v) is 2.73. The van der Waals surface area contributed by atoms with Crippen LogP contribution in [0.2, 0.25) is 0 Å². The van der Waals surface area contributed by atoms with Crippen molar-refractivity contribution in [3.8, 4) is 0 Å². The van der Waals surface area contributed by atoms with Gasteiger partial charge in [0.15, 0.2) is 0 Å². The molecule has 1 rings (SSSR count). The standard InChI is InChI=1S/C12H17N3OS/c1-4-15(8(2)3)12(16)10-6-5-9(7-14-10)11(13)17/h5-8H,4H2,1-3H3,(H2,13,17). The number of aromatic nitrogens is 1. The van der Waals surface area contributed by atoms with E-state index in [-0.39, 0.29) is 16.9 Å². The molecule has 0 saturated carbocycles. The minimum Gasteiger partial charge on any atom is -0.389 e. The number of thiocarbonyl (C=S) groups is 1. The van der Waals surface area contributed by atoms with Crippen LogP contribution in [0.1, 0.15) is 36.8 Å². The summed E-state index contributed by atoms with van der Waals surface area (Å²) in [4.78, 5) is 18.2. The highest BCUT2D eigenvalue weighted by Crippen LogP contribution is 2.07. The molecule has 17 heavy (non-hydrogen) atoms. The SMILES string of the molecule is CCN(C(=O)c1ccc(C(N)=S)cn1)C(C)C. The zero-order chi connectivity index (χ0) is 13.0. The Morgan fingerprint density at radius 2 is 2.18 bits per heavy atom. The molecule has 1 heterocycles. The molecule has 0 spiro atoms. The van der Waals surface area contributed by atoms with Crippen molar-refractivity contribution in [1.29, 1.82) is 0 Å². The molecule has 2 N–H and O–H groups in total. The summed E-state index contributed by atoms with van der Waals surface area (Å²) in [6.07, 6.45) is 1.53. The molecular formula is C12H17N3OS. The first-order valence-electron chi connectivity index (χ1n) is 5.54. The zero-order valence-corrected chi connectivity index (χ0v) is 11.1. The summed E-state index contributed by atoms with van der Waals surface area (Å²) in [7, 11) is 0. The van der Waals surface area contributed by atoms with Gasteiger partial charge in [-0.05, 0) is 32.9 Å². The topological polar surface area (TPSA) is 59.2 Å². The van der Waals surface area contributed by atoms with Gasteiger partial charge in [-0.3, -0.25) is 9.78 Å². The van der Waals surface area contributed by atoms with Crippen molar-refractivity contribution < 1.29 is 4.79 Å². The molecule has 0 atom stereocenters. The highest BCUT2D eigenvalue weighted by atomic mass is 32.1. The molecule has 0 fully saturated rings. The van der Waals surface area contributed by atoms with Crippen LogP contribution in [0.5, 0.6) is 0 Å². The number of nitrogens with zero attached hydrogens (tertiary/aromatic N) is 2. The monoisotopic (exact) mass is 251 g/mol. The van der Waals surface area contributed by atoms with E-state index in [1.807, 2.05) is 20.8 Å². The second-order valence-electron chi connectivity index (χ2n) is 3.98. The maximum Gasteiger partial charge on any atom is 0.272 e. The fraction of sp³-hybridized carbons (Fsp3) is 0.417. The number of amides is 1. The minimum absolute atomic E-state index is 0.0722. The van der Waals surface area contributed by atoms with Crippen molar-refractivity contribution in [1.82, 2.24) is 9.88 Å². The lowest BCUT2D eigenvalue weighted by atomic mass is 10.2. The first-order chi connectivity index (χ1) is 7.97. The second kappa shape index (κ2) is 5.72. The lowest BCUT2D eigenvalue weighted by Gasteiger charge is -2.24. The van der Waals surface area contributed by atoms with E-state index in [2.05, 4.69) is 4.98 Å². The number of carbonyl (C=O) groups is 1. The molecule has 0 radical (unpaired) electrons. The molecule has 0 bridgehead atoms. The van der Waals surface area contributed by atoms with Crippen LogP contribution < -0.4 is 5.73 Å². The number of hydrogen-bond donors (Lipinski definition) is 1. The van der Waals surface area contributed by atoms with Gasteiger partial charge in [-0.1, -0.05) is 12.2 Å². The van der Waals surface area contributed by atoms with E-state index in [9.17, 15) is 4.79 Å². The van der Waals surface area contributed by atoms with Crippen LogP contribution in [-0.2, 0) is 0 Å². The molecule has 0 aliphatic heterocycles. The summed E-state index contributed by atoms with van der Waals surface area (Å²) in [5, 5.41) is 0. The molecule has 0 aromatic carbocycles. The average molecular weight is 251 g/mol. The highest BCUT2D eigenvalue weighted by Gasteiger charge is 2.17. The minimum atomic E-state index is -0.0722. The Morgan fingerprint density at radius 1 is 1.53 bits per heavy atom. The molecule has 0 aliphatic rings. The normalized spacial score (nSPS) is 10.4. The van der Waals surface area contributed by atoms with Gasteiger partial charge in [0.25, 0.3) is 5.91 Å². The predicted molar refractivity (Wildman–Crippen MR) is 72.0 cm³/mol. The van der Waals surface area contributed by atoms with Crippen LogP contribution in [0.15, 0.2) is 18.3 Å². The summed E-state index contributed by atoms with van der Waals surface area (Å²) in [6, 6.07) is 3.53. The fourth-order valence-corrected chi connectivity index (χ4v) is 1.68. The third kappa shape index (κ3) is 3.23. The van der Waals surface area contributed by atoms with Gasteiger partial charge < -0.3 is 10.6 Å². The van der Waals surface area contributed by atoms with Crippen LogP contribution in [0.3, 0.4) is 0 Å². The number of nitrogens with two attached hydrogens (primary N) is 1. The Balaban J connectivity index is 2.93. The summed E-state index contributed by atoms with van der Waals surface area (Å²) >= 11 is 4.83. The smallest absolute Gasteiger partial charge is 0.272 e. The van der Waals surface area contributed by atoms with Gasteiger partial charge in [0.1, 0.15) is 10.7 Å². The molecule has 4 nitrogen and oxygen atoms in total. The maximum atomic E-state index is 12.1. The fourth-order valence-electron chi connectivity index (χ4n) is 1.56. The van der Waals surface area contributed by atoms with Gasteiger partial charge in [-0.2, -0.15) is 0 Å². The van der Waals surface area contributed by atoms with Crippen molar-refractivity contribution in [3.05, 3.63) is 29.6 Å². The summed E-state index contributed by atoms with van der Waals surface area (Å²) in [5.41, 5.74) is 6.56. The zero-order valence-electron chi connectivity index (χ0n) is 10.3. The van der Waals surface area contributed by atoms with Crippen LogP contribution in [0, 0.1) is 0 Å². The quantitative estimate of drug-likeness (QED) is 0.826. The summed E-state index contributed by atoms with van der Waals surface area (Å²) in [6.45, 7) is 6.56. The predicted octanol–water partition coefficient (Wildman–Crippen LogP) is 1.59. The highest BCUT2D eigenvalue weighted by molar-refractivity contribution is 7.80. The van der Waals surface area contributed by atoms with E-state index in [0.717, 1.165) is 0 Å². The van der Waals surface area contributed by atoms with Crippen LogP contribution in [-0.4, -0.2) is 33.4 Å². The first-order valence-corrected chi connectivity index (χ1v) is 5.95. The molecular weight excluding hydrogens is 234 g/mol. The Hall–Kier alpha value is -1.49. The molecule has 5 heteroatoms. The van der Waals surface area contributed by atoms with Crippen LogP contribution in [0.4, 0.5) is 0 Å². The van der Waals surface area contributed by atoms with E-state index in [0.29, 0.717) is 17.8 Å². The van der Waals surface area contributed by atoms with Crippen molar-refractivity contribution >= 4 is 23.1 Å². The lowest BCUT2D eigenvalue weighted by Crippen LogP contribution is -2.37. The van der Waals surface area contributed by atoms with Crippen molar-refractivity contribution in [2.24, 2.45) is 5.73 Å². The van der Waals surface area contributed by atoms with Gasteiger partial charge in [0.2, 0.25) is 0 Å². The third-order valence-electron chi connectivity index (χ3n) is 2.49. The van der Waals surface area contributed by atoms with E-state index in [1.54, 1.807) is 17.0 Å². The Kier molecular flexibility index (Phi) is 4.57. The molecule has 0 unspecified atom stereocenters. The lowest BCUT2D eigenvalue weighted by molar-refractivity contribution is 0.0711. The molecule has 0 saturated heterocycles. The largest absolute Gasteiger partial charge is 0.389 e. The number of hydrogen-bond acceptors (Lipinski definition) is 3. The van der Waals surface area contributed by atoms with Crippen LogP contribution in [0.25, 0.3) is 0 Å². The van der Waals surface area contributed by atoms with Gasteiger partial charge in [-0.15, -0.1) is 0 Å². The molecule has 1 aromatic rings. The molecule has 0 aliphatic carbocycles. The van der Waals surface area contributed by atoms with Crippen LogP contribution >= 0.6 is 12.2 Å². The Labute approximate surface area is 107 Å². The van der Waals surface area contributed by atoms with Crippen molar-refractivity contribution in [2.75, 3.05) is 6.54 Å². The molecule has 92 valence electrons. The summed E-state index contributed by atoms with van der Waals surface area (Å²) in [5.74, 6) is -0.0722. The number of pyridine rings is 1. The van der Waals surface area contributed by atoms with Gasteiger partial charge >= 0.3 is 0 Å². The van der Waals surface area contributed by atoms with Gasteiger partial charge in [0, 0.05) is 24.3 Å². The van der Waals surface area contributed by atoms with Gasteiger partial charge in [0.05, 0.1) is 0 Å². The maximum absolute atomic E-state index is 12.1. The van der Waals surface area contributed by atoms with Crippen molar-refractivity contribution in [3.63, 3.8) is 0 Å². The number of carbonyl (C=O) groups excluding carboxylic acids is 1. The van der Waals surface area contributed by atoms with E-state index >= 15 is 0 Å². The first kappa shape index (κ1) is 13.6. The number of rotatable bonds is 4. The van der Waals surface area contributed by atoms with Crippen molar-refractivity contribution in [2.45, 2.75) is 26.8 Å².